The van der Waals surface area contributed by atoms with Gasteiger partial charge in [0.1, 0.15) is 5.75 Å². The first-order chi connectivity index (χ1) is 8.48. The van der Waals surface area contributed by atoms with Crippen LogP contribution in [0, 0.1) is 0 Å². The van der Waals surface area contributed by atoms with E-state index in [-0.39, 0.29) is 11.8 Å². The Hall–Kier alpha value is -0.780. The molecule has 0 aromatic heterocycles. The van der Waals surface area contributed by atoms with Crippen LogP contribution < -0.4 is 9.46 Å². The second kappa shape index (κ2) is 6.97. The lowest BCUT2D eigenvalue weighted by Crippen LogP contribution is -2.29. The third-order valence-corrected chi connectivity index (χ3v) is 4.32. The van der Waals surface area contributed by atoms with E-state index in [0.717, 1.165) is 11.3 Å². The standard InChI is InChI=1S/C12H18ClNO3S/c1-10(14-18(15,16)9-3-8-13)11-4-6-12(17-2)7-5-11/h4-7,10,14H,3,8-9H2,1-2H3. The van der Waals surface area contributed by atoms with E-state index in [2.05, 4.69) is 4.72 Å². The van der Waals surface area contributed by atoms with Gasteiger partial charge in [0.2, 0.25) is 10.0 Å². The van der Waals surface area contributed by atoms with Gasteiger partial charge in [0.25, 0.3) is 0 Å². The van der Waals surface area contributed by atoms with Crippen molar-refractivity contribution in [1.29, 1.82) is 0 Å². The molecule has 0 saturated carbocycles. The molecular formula is C12H18ClNO3S. The van der Waals surface area contributed by atoms with Crippen molar-refractivity contribution >= 4 is 21.6 Å². The topological polar surface area (TPSA) is 55.4 Å². The summed E-state index contributed by atoms with van der Waals surface area (Å²) in [6.45, 7) is 1.81. The fraction of sp³-hybridized carbons (Fsp3) is 0.500. The van der Waals surface area contributed by atoms with Gasteiger partial charge in [-0.05, 0) is 31.0 Å². The SMILES string of the molecule is COc1ccc(C(C)NS(=O)(=O)CCCCl)cc1. The maximum absolute atomic E-state index is 11.7. The first-order valence-electron chi connectivity index (χ1n) is 5.68. The highest BCUT2D eigenvalue weighted by atomic mass is 35.5. The molecule has 1 atom stereocenters. The molecule has 0 radical (unpaired) electrons. The van der Waals surface area contributed by atoms with Gasteiger partial charge in [-0.25, -0.2) is 13.1 Å². The van der Waals surface area contributed by atoms with Crippen molar-refractivity contribution in [2.24, 2.45) is 0 Å². The summed E-state index contributed by atoms with van der Waals surface area (Å²) in [4.78, 5) is 0. The van der Waals surface area contributed by atoms with E-state index < -0.39 is 10.0 Å². The molecular weight excluding hydrogens is 274 g/mol. The van der Waals surface area contributed by atoms with Crippen LogP contribution in [0.15, 0.2) is 24.3 Å². The van der Waals surface area contributed by atoms with Gasteiger partial charge in [-0.1, -0.05) is 12.1 Å². The number of nitrogens with one attached hydrogen (secondary N) is 1. The molecule has 0 fully saturated rings. The van der Waals surface area contributed by atoms with E-state index in [1.54, 1.807) is 26.2 Å². The Labute approximate surface area is 113 Å². The fourth-order valence-corrected chi connectivity index (χ4v) is 3.14. The van der Waals surface area contributed by atoms with Gasteiger partial charge >= 0.3 is 0 Å². The second-order valence-corrected chi connectivity index (χ2v) is 6.23. The fourth-order valence-electron chi connectivity index (χ4n) is 1.53. The minimum absolute atomic E-state index is 0.0526. The molecule has 0 aliphatic carbocycles. The third-order valence-electron chi connectivity index (χ3n) is 2.52. The highest BCUT2D eigenvalue weighted by Gasteiger charge is 2.15. The quantitative estimate of drug-likeness (QED) is 0.784. The Morgan fingerprint density at radius 2 is 1.94 bits per heavy atom. The molecule has 0 spiro atoms. The second-order valence-electron chi connectivity index (χ2n) is 3.97. The van der Waals surface area contributed by atoms with Crippen LogP contribution in [-0.4, -0.2) is 27.2 Å². The number of hydrogen-bond donors (Lipinski definition) is 1. The largest absolute Gasteiger partial charge is 0.497 e. The van der Waals surface area contributed by atoms with E-state index in [4.69, 9.17) is 16.3 Å². The number of benzene rings is 1. The van der Waals surface area contributed by atoms with Crippen LogP contribution in [0.5, 0.6) is 5.75 Å². The lowest BCUT2D eigenvalue weighted by Gasteiger charge is -2.14. The lowest BCUT2D eigenvalue weighted by molar-refractivity contribution is 0.414. The van der Waals surface area contributed by atoms with E-state index in [1.807, 2.05) is 12.1 Å². The molecule has 1 aromatic carbocycles. The molecule has 1 N–H and O–H groups in total. The molecule has 1 aromatic rings. The monoisotopic (exact) mass is 291 g/mol. The van der Waals surface area contributed by atoms with Crippen LogP contribution in [0.1, 0.15) is 24.9 Å². The zero-order chi connectivity index (χ0) is 13.6. The molecule has 0 amide bonds. The summed E-state index contributed by atoms with van der Waals surface area (Å²) in [5, 5.41) is 0. The van der Waals surface area contributed by atoms with Crippen molar-refractivity contribution in [2.45, 2.75) is 19.4 Å². The van der Waals surface area contributed by atoms with Gasteiger partial charge < -0.3 is 4.74 Å². The van der Waals surface area contributed by atoms with Crippen LogP contribution in [0.2, 0.25) is 0 Å². The predicted octanol–water partition coefficient (Wildman–Crippen LogP) is 2.30. The summed E-state index contributed by atoms with van der Waals surface area (Å²) in [6.07, 6.45) is 0.451. The number of sulfonamides is 1. The molecule has 0 bridgehead atoms. The molecule has 0 saturated heterocycles. The number of alkyl halides is 1. The zero-order valence-corrected chi connectivity index (χ0v) is 12.1. The molecule has 1 unspecified atom stereocenters. The molecule has 102 valence electrons. The molecule has 0 heterocycles. The average Bonchev–Trinajstić information content (AvgIpc) is 2.36. The Bertz CT molecular complexity index is 459. The van der Waals surface area contributed by atoms with Gasteiger partial charge in [0.05, 0.1) is 12.9 Å². The first-order valence-corrected chi connectivity index (χ1v) is 7.87. The maximum Gasteiger partial charge on any atom is 0.212 e. The summed E-state index contributed by atoms with van der Waals surface area (Å²) in [5.74, 6) is 1.14. The molecule has 6 heteroatoms. The average molecular weight is 292 g/mol. The van der Waals surface area contributed by atoms with Gasteiger partial charge in [-0.2, -0.15) is 0 Å². The number of halogens is 1. The summed E-state index contributed by atoms with van der Waals surface area (Å²) in [7, 11) is -1.68. The molecule has 4 nitrogen and oxygen atoms in total. The maximum atomic E-state index is 11.7. The molecule has 1 rings (SSSR count). The molecule has 0 aliphatic heterocycles. The Morgan fingerprint density at radius 1 is 1.33 bits per heavy atom. The van der Waals surface area contributed by atoms with Crippen LogP contribution in [0.4, 0.5) is 0 Å². The van der Waals surface area contributed by atoms with Gasteiger partial charge in [-0.3, -0.25) is 0 Å². The predicted molar refractivity (Wildman–Crippen MR) is 73.7 cm³/mol. The minimum atomic E-state index is -3.27. The Balaban J connectivity index is 2.66. The van der Waals surface area contributed by atoms with E-state index in [9.17, 15) is 8.42 Å². The Morgan fingerprint density at radius 3 is 2.44 bits per heavy atom. The van der Waals surface area contributed by atoms with Crippen LogP contribution >= 0.6 is 11.6 Å². The van der Waals surface area contributed by atoms with E-state index >= 15 is 0 Å². The third kappa shape index (κ3) is 4.84. The summed E-state index contributed by atoms with van der Waals surface area (Å²) < 4.78 is 31.1. The highest BCUT2D eigenvalue weighted by molar-refractivity contribution is 7.89. The smallest absolute Gasteiger partial charge is 0.212 e. The number of methoxy groups -OCH3 is 1. The number of rotatable bonds is 7. The van der Waals surface area contributed by atoms with Crippen LogP contribution in [0.3, 0.4) is 0 Å². The van der Waals surface area contributed by atoms with Crippen molar-refractivity contribution < 1.29 is 13.2 Å². The number of ether oxygens (including phenoxy) is 1. The lowest BCUT2D eigenvalue weighted by atomic mass is 10.1. The normalized spacial score (nSPS) is 13.3. The first kappa shape index (κ1) is 15.3. The van der Waals surface area contributed by atoms with Crippen molar-refractivity contribution in [3.8, 4) is 5.75 Å². The van der Waals surface area contributed by atoms with Crippen molar-refractivity contribution in [3.05, 3.63) is 29.8 Å². The molecule has 0 aliphatic rings. The summed E-state index contributed by atoms with van der Waals surface area (Å²) >= 11 is 5.49. The highest BCUT2D eigenvalue weighted by Crippen LogP contribution is 2.18. The van der Waals surface area contributed by atoms with Gasteiger partial charge in [0, 0.05) is 11.9 Å². The zero-order valence-electron chi connectivity index (χ0n) is 10.5. The van der Waals surface area contributed by atoms with Gasteiger partial charge in [-0.15, -0.1) is 11.6 Å². The molecule has 18 heavy (non-hydrogen) atoms. The van der Waals surface area contributed by atoms with Crippen LogP contribution in [-0.2, 0) is 10.0 Å². The van der Waals surface area contributed by atoms with E-state index in [1.165, 1.54) is 0 Å². The number of hydrogen-bond acceptors (Lipinski definition) is 3. The Kier molecular flexibility index (Phi) is 5.91. The minimum Gasteiger partial charge on any atom is -0.497 e. The van der Waals surface area contributed by atoms with Crippen molar-refractivity contribution in [1.82, 2.24) is 4.72 Å². The van der Waals surface area contributed by atoms with Crippen LogP contribution in [0.25, 0.3) is 0 Å². The summed E-state index contributed by atoms with van der Waals surface area (Å²) in [6, 6.07) is 7.02. The van der Waals surface area contributed by atoms with Crippen molar-refractivity contribution in [2.75, 3.05) is 18.7 Å². The van der Waals surface area contributed by atoms with Gasteiger partial charge in [0.15, 0.2) is 0 Å². The van der Waals surface area contributed by atoms with E-state index in [0.29, 0.717) is 12.3 Å². The summed E-state index contributed by atoms with van der Waals surface area (Å²) in [5.41, 5.74) is 0.894. The van der Waals surface area contributed by atoms with Crippen molar-refractivity contribution in [3.63, 3.8) is 0 Å².